The molecule has 1 aliphatic rings. The molecule has 0 spiro atoms. The third-order valence-electron chi connectivity index (χ3n) is 6.98. The molecule has 5 rings (SSSR count). The van der Waals surface area contributed by atoms with E-state index in [9.17, 15) is 13.4 Å². The first kappa shape index (κ1) is 24.4. The molecule has 36 heavy (non-hydrogen) atoms. The Bertz CT molecular complexity index is 1460. The van der Waals surface area contributed by atoms with Crippen molar-refractivity contribution in [3.05, 3.63) is 88.7 Å². The largest absolute Gasteiger partial charge is 0.455 e. The molecule has 0 aliphatic carbocycles. The Morgan fingerprint density at radius 3 is 2.56 bits per heavy atom. The lowest BCUT2D eigenvalue weighted by Gasteiger charge is -2.32. The standard InChI is InChI=1S/C29H29FN2O3S/c1-18-7-4-5-9-26(18)36(34)32-14-6-8-21(17-32)23-16-24-25(15-19(23)2)35-28(27(24)29(33)31-3)20-10-12-22(30)13-11-20/h4-5,7,9-13,15-16,21H,6,8,14,17H2,1-3H3,(H,31,33). The predicted octanol–water partition coefficient (Wildman–Crippen LogP) is 6.12. The zero-order chi connectivity index (χ0) is 25.4. The van der Waals surface area contributed by atoms with E-state index in [1.165, 1.54) is 12.1 Å². The summed E-state index contributed by atoms with van der Waals surface area (Å²) in [6.45, 7) is 5.49. The Kier molecular flexibility index (Phi) is 6.77. The fourth-order valence-electron chi connectivity index (χ4n) is 5.09. The number of carbonyl (C=O) groups is 1. The van der Waals surface area contributed by atoms with Gasteiger partial charge in [0.2, 0.25) is 0 Å². The molecule has 1 saturated heterocycles. The van der Waals surface area contributed by atoms with E-state index < -0.39 is 11.0 Å². The summed E-state index contributed by atoms with van der Waals surface area (Å²) in [7, 11) is 0.362. The van der Waals surface area contributed by atoms with Gasteiger partial charge in [0.25, 0.3) is 5.91 Å². The topological polar surface area (TPSA) is 62.6 Å². The van der Waals surface area contributed by atoms with E-state index in [4.69, 9.17) is 4.42 Å². The number of hydrogen-bond acceptors (Lipinski definition) is 3. The Balaban J connectivity index is 1.54. The number of rotatable bonds is 5. The third-order valence-corrected chi connectivity index (χ3v) is 8.61. The van der Waals surface area contributed by atoms with Crippen LogP contribution in [0.4, 0.5) is 4.39 Å². The van der Waals surface area contributed by atoms with E-state index in [-0.39, 0.29) is 17.6 Å². The molecule has 2 atom stereocenters. The number of fused-ring (bicyclic) bond motifs is 1. The number of piperidine rings is 1. The molecule has 1 aliphatic heterocycles. The van der Waals surface area contributed by atoms with Crippen LogP contribution in [0.5, 0.6) is 0 Å². The molecule has 7 heteroatoms. The van der Waals surface area contributed by atoms with E-state index in [1.807, 2.05) is 44.2 Å². The smallest absolute Gasteiger partial charge is 0.255 e. The lowest BCUT2D eigenvalue weighted by molar-refractivity contribution is 0.0964. The van der Waals surface area contributed by atoms with Crippen molar-refractivity contribution in [2.24, 2.45) is 0 Å². The Hall–Kier alpha value is -3.29. The number of hydrogen-bond donors (Lipinski definition) is 1. The zero-order valence-corrected chi connectivity index (χ0v) is 21.5. The van der Waals surface area contributed by atoms with Gasteiger partial charge in [-0.05, 0) is 91.8 Å². The fraction of sp³-hybridized carbons (Fsp3) is 0.276. The zero-order valence-electron chi connectivity index (χ0n) is 20.6. The second-order valence-electron chi connectivity index (χ2n) is 9.34. The summed E-state index contributed by atoms with van der Waals surface area (Å²) in [5.41, 5.74) is 4.92. The van der Waals surface area contributed by atoms with Gasteiger partial charge in [-0.15, -0.1) is 0 Å². The minimum atomic E-state index is -1.23. The number of benzene rings is 3. The summed E-state index contributed by atoms with van der Waals surface area (Å²) in [6.07, 6.45) is 1.92. The molecule has 3 aromatic carbocycles. The van der Waals surface area contributed by atoms with Crippen LogP contribution in [0.15, 0.2) is 70.0 Å². The highest BCUT2D eigenvalue weighted by Gasteiger charge is 2.29. The van der Waals surface area contributed by atoms with E-state index in [2.05, 4.69) is 15.7 Å². The minimum absolute atomic E-state index is 0.179. The van der Waals surface area contributed by atoms with Crippen molar-refractivity contribution in [1.82, 2.24) is 9.62 Å². The van der Waals surface area contributed by atoms with Crippen LogP contribution < -0.4 is 5.32 Å². The Morgan fingerprint density at radius 1 is 1.08 bits per heavy atom. The fourth-order valence-corrected chi connectivity index (χ4v) is 6.52. The van der Waals surface area contributed by atoms with E-state index in [0.29, 0.717) is 29.0 Å². The molecule has 1 aromatic heterocycles. The van der Waals surface area contributed by atoms with Crippen LogP contribution in [0.3, 0.4) is 0 Å². The number of carbonyl (C=O) groups excluding carboxylic acids is 1. The molecule has 0 radical (unpaired) electrons. The first-order valence-electron chi connectivity index (χ1n) is 12.1. The number of nitrogens with zero attached hydrogens (tertiary/aromatic N) is 1. The molecular formula is C29H29FN2O3S. The highest BCUT2D eigenvalue weighted by Crippen LogP contribution is 2.39. The van der Waals surface area contributed by atoms with Gasteiger partial charge in [0.15, 0.2) is 0 Å². The van der Waals surface area contributed by atoms with Crippen molar-refractivity contribution in [2.45, 2.75) is 37.5 Å². The molecule has 1 fully saturated rings. The summed E-state index contributed by atoms with van der Waals surface area (Å²) in [5.74, 6) is -0.00196. The van der Waals surface area contributed by atoms with Gasteiger partial charge in [0.1, 0.15) is 28.1 Å². The number of amides is 1. The summed E-state index contributed by atoms with van der Waals surface area (Å²) in [4.78, 5) is 13.8. The predicted molar refractivity (Wildman–Crippen MR) is 141 cm³/mol. The van der Waals surface area contributed by atoms with Crippen LogP contribution >= 0.6 is 0 Å². The Morgan fingerprint density at radius 2 is 1.83 bits per heavy atom. The summed E-state index contributed by atoms with van der Waals surface area (Å²) in [6, 6.07) is 17.8. The second-order valence-corrected chi connectivity index (χ2v) is 10.8. The molecule has 0 bridgehead atoms. The van der Waals surface area contributed by atoms with Gasteiger partial charge in [-0.2, -0.15) is 0 Å². The van der Waals surface area contributed by atoms with Gasteiger partial charge in [-0.25, -0.2) is 12.9 Å². The van der Waals surface area contributed by atoms with E-state index >= 15 is 0 Å². The van der Waals surface area contributed by atoms with Crippen molar-refractivity contribution >= 4 is 27.9 Å². The maximum absolute atomic E-state index is 13.5. The highest BCUT2D eigenvalue weighted by atomic mass is 32.2. The van der Waals surface area contributed by atoms with Gasteiger partial charge in [-0.3, -0.25) is 4.79 Å². The lowest BCUT2D eigenvalue weighted by Crippen LogP contribution is -2.36. The first-order valence-corrected chi connectivity index (χ1v) is 13.3. The maximum Gasteiger partial charge on any atom is 0.255 e. The van der Waals surface area contributed by atoms with Gasteiger partial charge >= 0.3 is 0 Å². The van der Waals surface area contributed by atoms with Crippen molar-refractivity contribution < 1.29 is 17.8 Å². The highest BCUT2D eigenvalue weighted by molar-refractivity contribution is 7.82. The van der Waals surface area contributed by atoms with Crippen LogP contribution in [-0.4, -0.2) is 34.6 Å². The van der Waals surface area contributed by atoms with Gasteiger partial charge in [0.05, 0.1) is 10.5 Å². The normalized spacial score (nSPS) is 17.3. The Labute approximate surface area is 212 Å². The molecule has 1 amide bonds. The first-order chi connectivity index (χ1) is 17.4. The number of nitrogens with one attached hydrogen (secondary N) is 1. The van der Waals surface area contributed by atoms with E-state index in [0.717, 1.165) is 46.4 Å². The average Bonchev–Trinajstić information content (AvgIpc) is 3.26. The van der Waals surface area contributed by atoms with Crippen LogP contribution in [-0.2, 0) is 11.0 Å². The van der Waals surface area contributed by atoms with Crippen molar-refractivity contribution in [3.63, 3.8) is 0 Å². The molecule has 2 unspecified atom stereocenters. The van der Waals surface area contributed by atoms with Crippen molar-refractivity contribution in [3.8, 4) is 11.3 Å². The lowest BCUT2D eigenvalue weighted by atomic mass is 9.87. The van der Waals surface area contributed by atoms with Crippen LogP contribution in [0.1, 0.15) is 45.8 Å². The van der Waals surface area contributed by atoms with Crippen LogP contribution in [0.2, 0.25) is 0 Å². The molecule has 0 saturated carbocycles. The van der Waals surface area contributed by atoms with Gasteiger partial charge < -0.3 is 9.73 Å². The molecule has 2 heterocycles. The van der Waals surface area contributed by atoms with Gasteiger partial charge in [0, 0.05) is 31.1 Å². The summed E-state index contributed by atoms with van der Waals surface area (Å²) < 4.78 is 35.1. The number of furan rings is 1. The number of halogens is 1. The number of aryl methyl sites for hydroxylation is 2. The second kappa shape index (κ2) is 9.99. The quantitative estimate of drug-likeness (QED) is 0.356. The summed E-state index contributed by atoms with van der Waals surface area (Å²) >= 11 is 0. The van der Waals surface area contributed by atoms with Gasteiger partial charge in [-0.1, -0.05) is 18.2 Å². The summed E-state index contributed by atoms with van der Waals surface area (Å²) in [5, 5.41) is 3.45. The average molecular weight is 505 g/mol. The molecule has 1 N–H and O–H groups in total. The molecule has 4 aromatic rings. The SMILES string of the molecule is CNC(=O)c1c(-c2ccc(F)cc2)oc2cc(C)c(C3CCCN(S(=O)c4ccccc4C)C3)cc12. The molecule has 186 valence electrons. The monoisotopic (exact) mass is 504 g/mol. The maximum atomic E-state index is 13.5. The minimum Gasteiger partial charge on any atom is -0.455 e. The van der Waals surface area contributed by atoms with Crippen molar-refractivity contribution in [1.29, 1.82) is 0 Å². The third kappa shape index (κ3) is 4.49. The molecular weight excluding hydrogens is 475 g/mol. The molecule has 5 nitrogen and oxygen atoms in total. The van der Waals surface area contributed by atoms with Crippen molar-refractivity contribution in [2.75, 3.05) is 20.1 Å². The van der Waals surface area contributed by atoms with Crippen LogP contribution in [0.25, 0.3) is 22.3 Å². The van der Waals surface area contributed by atoms with E-state index in [1.54, 1.807) is 19.2 Å². The van der Waals surface area contributed by atoms with Crippen LogP contribution in [0, 0.1) is 19.7 Å².